The van der Waals surface area contributed by atoms with Crippen LogP contribution in [-0.4, -0.2) is 60.4 Å². The van der Waals surface area contributed by atoms with Gasteiger partial charge in [-0.15, -0.1) is 11.3 Å². The number of thiazole rings is 1. The van der Waals surface area contributed by atoms with Gasteiger partial charge in [-0.3, -0.25) is 4.72 Å². The molecule has 2 fully saturated rings. The van der Waals surface area contributed by atoms with Gasteiger partial charge >= 0.3 is 0 Å². The van der Waals surface area contributed by atoms with E-state index in [4.69, 9.17) is 14.7 Å². The molecular weight excluding hydrogens is 488 g/mol. The molecule has 36 heavy (non-hydrogen) atoms. The van der Waals surface area contributed by atoms with Crippen LogP contribution < -0.4 is 14.5 Å². The molecule has 0 radical (unpaired) electrons. The van der Waals surface area contributed by atoms with Gasteiger partial charge in [0.2, 0.25) is 0 Å². The predicted octanol–water partition coefficient (Wildman–Crippen LogP) is 5.16. The summed E-state index contributed by atoms with van der Waals surface area (Å²) in [5.74, 6) is 1.03. The number of rotatable bonds is 6. The van der Waals surface area contributed by atoms with Crippen LogP contribution in [0.25, 0.3) is 21.5 Å². The number of hydrogen-bond donors (Lipinski definition) is 1. The molecule has 0 amide bonds. The average Bonchev–Trinajstić information content (AvgIpc) is 3.32. The number of hydrogen-bond acceptors (Lipinski definition) is 9. The van der Waals surface area contributed by atoms with Crippen molar-refractivity contribution >= 4 is 45.7 Å². The third-order valence-electron chi connectivity index (χ3n) is 6.79. The van der Waals surface area contributed by atoms with Crippen molar-refractivity contribution < 1.29 is 4.74 Å². The second kappa shape index (κ2) is 10.7. The molecule has 2 aromatic carbocycles. The Morgan fingerprint density at radius 1 is 1.03 bits per heavy atom. The Morgan fingerprint density at radius 2 is 1.89 bits per heavy atom. The molecule has 1 N–H and O–H groups in total. The summed E-state index contributed by atoms with van der Waals surface area (Å²) < 4.78 is 10.5. The van der Waals surface area contributed by atoms with E-state index in [-0.39, 0.29) is 0 Å². The SMILES string of the molecule is Cc1nc(-c2ccccc2)sc1SNC1CCCN(c2ncnc3cc(N4CCOCC4)ccc23)C1. The van der Waals surface area contributed by atoms with E-state index in [0.717, 1.165) is 79.7 Å². The minimum absolute atomic E-state index is 0.378. The van der Waals surface area contributed by atoms with Crippen LogP contribution in [0.2, 0.25) is 0 Å². The van der Waals surface area contributed by atoms with Crippen molar-refractivity contribution in [1.29, 1.82) is 0 Å². The Morgan fingerprint density at radius 3 is 2.75 bits per heavy atom. The number of anilines is 2. The number of nitrogens with zero attached hydrogens (tertiary/aromatic N) is 5. The first-order chi connectivity index (χ1) is 17.7. The van der Waals surface area contributed by atoms with Gasteiger partial charge in [-0.1, -0.05) is 30.3 Å². The van der Waals surface area contributed by atoms with Crippen molar-refractivity contribution in [1.82, 2.24) is 19.7 Å². The fraction of sp³-hybridized carbons (Fsp3) is 0.370. The molecule has 0 bridgehead atoms. The number of nitrogens with one attached hydrogen (secondary N) is 1. The molecule has 0 saturated carbocycles. The van der Waals surface area contributed by atoms with Crippen LogP contribution in [0.1, 0.15) is 18.5 Å². The minimum atomic E-state index is 0.378. The van der Waals surface area contributed by atoms with Gasteiger partial charge in [-0.2, -0.15) is 0 Å². The highest BCUT2D eigenvalue weighted by molar-refractivity contribution is 7.99. The first-order valence-corrected chi connectivity index (χ1v) is 14.2. The van der Waals surface area contributed by atoms with E-state index in [1.54, 1.807) is 29.6 Å². The Balaban J connectivity index is 1.15. The van der Waals surface area contributed by atoms with E-state index in [1.807, 2.05) is 6.07 Å². The van der Waals surface area contributed by atoms with E-state index >= 15 is 0 Å². The summed E-state index contributed by atoms with van der Waals surface area (Å²) in [6.07, 6.45) is 3.99. The molecule has 2 saturated heterocycles. The predicted molar refractivity (Wildman–Crippen MR) is 149 cm³/mol. The standard InChI is InChI=1S/C27H30N6OS2/c1-19-27(35-26(30-19)20-6-3-2-4-7-20)36-31-21-8-5-11-33(17-21)25-23-10-9-22(16-24(23)28-18-29-25)32-12-14-34-15-13-32/h2-4,6-7,9-10,16,18,21,31H,5,8,11-15,17H2,1H3. The van der Waals surface area contributed by atoms with Crippen molar-refractivity contribution in [2.75, 3.05) is 49.2 Å². The van der Waals surface area contributed by atoms with E-state index in [9.17, 15) is 0 Å². The Labute approximate surface area is 220 Å². The highest BCUT2D eigenvalue weighted by Gasteiger charge is 2.24. The largest absolute Gasteiger partial charge is 0.378 e. The first kappa shape index (κ1) is 23.7. The van der Waals surface area contributed by atoms with Gasteiger partial charge in [0.25, 0.3) is 0 Å². The van der Waals surface area contributed by atoms with Crippen LogP contribution in [0.4, 0.5) is 11.5 Å². The third-order valence-corrected chi connectivity index (χ3v) is 9.22. The summed E-state index contributed by atoms with van der Waals surface area (Å²) >= 11 is 3.48. The number of morpholine rings is 1. The monoisotopic (exact) mass is 518 g/mol. The lowest BCUT2D eigenvalue weighted by molar-refractivity contribution is 0.122. The second-order valence-electron chi connectivity index (χ2n) is 9.26. The Kier molecular flexibility index (Phi) is 7.05. The van der Waals surface area contributed by atoms with E-state index in [2.05, 4.69) is 68.9 Å². The summed E-state index contributed by atoms with van der Waals surface area (Å²) in [4.78, 5) is 18.9. The molecule has 1 unspecified atom stereocenters. The zero-order valence-electron chi connectivity index (χ0n) is 20.4. The summed E-state index contributed by atoms with van der Waals surface area (Å²) in [7, 11) is 0. The molecule has 2 aromatic heterocycles. The summed E-state index contributed by atoms with van der Waals surface area (Å²) in [5.41, 5.74) is 4.47. The Bertz CT molecular complexity index is 1320. The van der Waals surface area contributed by atoms with Crippen LogP contribution in [-0.2, 0) is 4.74 Å². The second-order valence-corrected chi connectivity index (χ2v) is 11.4. The molecule has 0 aliphatic carbocycles. The fourth-order valence-electron chi connectivity index (χ4n) is 4.89. The normalized spacial score (nSPS) is 18.6. The molecule has 6 rings (SSSR count). The van der Waals surface area contributed by atoms with Crippen molar-refractivity contribution in [2.45, 2.75) is 30.0 Å². The molecule has 0 spiro atoms. The topological polar surface area (TPSA) is 66.4 Å². The molecule has 2 aliphatic rings. The quantitative estimate of drug-likeness (QED) is 0.351. The molecule has 9 heteroatoms. The number of piperidine rings is 1. The average molecular weight is 519 g/mol. The Hall–Kier alpha value is -2.72. The zero-order chi connectivity index (χ0) is 24.3. The third kappa shape index (κ3) is 5.06. The zero-order valence-corrected chi connectivity index (χ0v) is 22.0. The number of ether oxygens (including phenoxy) is 1. The van der Waals surface area contributed by atoms with Crippen LogP contribution in [0.15, 0.2) is 59.1 Å². The van der Waals surface area contributed by atoms with Crippen molar-refractivity contribution in [3.63, 3.8) is 0 Å². The number of aryl methyl sites for hydroxylation is 1. The molecular formula is C27H30N6OS2. The highest BCUT2D eigenvalue weighted by Crippen LogP contribution is 2.34. The van der Waals surface area contributed by atoms with E-state index < -0.39 is 0 Å². The lowest BCUT2D eigenvalue weighted by atomic mass is 10.1. The molecule has 2 aliphatic heterocycles. The fourth-order valence-corrected chi connectivity index (χ4v) is 6.90. The lowest BCUT2D eigenvalue weighted by Crippen LogP contribution is -2.44. The maximum atomic E-state index is 5.51. The van der Waals surface area contributed by atoms with E-state index in [1.165, 1.54) is 15.5 Å². The maximum absolute atomic E-state index is 5.51. The maximum Gasteiger partial charge on any atom is 0.139 e. The highest BCUT2D eigenvalue weighted by atomic mass is 32.2. The molecule has 7 nitrogen and oxygen atoms in total. The molecule has 186 valence electrons. The number of fused-ring (bicyclic) bond motifs is 1. The van der Waals surface area contributed by atoms with Gasteiger partial charge in [-0.05, 0) is 49.9 Å². The van der Waals surface area contributed by atoms with Crippen LogP contribution in [0, 0.1) is 6.92 Å². The van der Waals surface area contributed by atoms with Gasteiger partial charge in [0.1, 0.15) is 17.2 Å². The van der Waals surface area contributed by atoms with Crippen LogP contribution in [0.5, 0.6) is 0 Å². The van der Waals surface area contributed by atoms with Crippen molar-refractivity contribution in [3.05, 3.63) is 60.6 Å². The van der Waals surface area contributed by atoms with Gasteiger partial charge in [0.05, 0.1) is 28.6 Å². The summed E-state index contributed by atoms with van der Waals surface area (Å²) in [5, 5.41) is 2.19. The smallest absolute Gasteiger partial charge is 0.139 e. The first-order valence-electron chi connectivity index (χ1n) is 12.5. The number of benzene rings is 2. The van der Waals surface area contributed by atoms with Crippen molar-refractivity contribution in [3.8, 4) is 10.6 Å². The molecule has 1 atom stereocenters. The molecule has 4 aromatic rings. The van der Waals surface area contributed by atoms with Crippen LogP contribution in [0.3, 0.4) is 0 Å². The van der Waals surface area contributed by atoms with Crippen LogP contribution >= 0.6 is 23.3 Å². The van der Waals surface area contributed by atoms with Gasteiger partial charge in [0, 0.05) is 48.9 Å². The number of aromatic nitrogens is 3. The van der Waals surface area contributed by atoms with Gasteiger partial charge in [0.15, 0.2) is 0 Å². The van der Waals surface area contributed by atoms with E-state index in [0.29, 0.717) is 6.04 Å². The summed E-state index contributed by atoms with van der Waals surface area (Å²) in [6, 6.07) is 17.4. The lowest BCUT2D eigenvalue weighted by Gasteiger charge is -2.34. The minimum Gasteiger partial charge on any atom is -0.378 e. The van der Waals surface area contributed by atoms with Gasteiger partial charge in [-0.25, -0.2) is 15.0 Å². The molecule has 4 heterocycles. The van der Waals surface area contributed by atoms with Crippen molar-refractivity contribution in [2.24, 2.45) is 0 Å². The summed E-state index contributed by atoms with van der Waals surface area (Å²) in [6.45, 7) is 7.44. The van der Waals surface area contributed by atoms with Gasteiger partial charge < -0.3 is 14.5 Å².